The Kier molecular flexibility index (Phi) is 5.75. The van der Waals surface area contributed by atoms with Gasteiger partial charge in [0.05, 0.1) is 30.5 Å². The van der Waals surface area contributed by atoms with Crippen LogP contribution in [0, 0.1) is 5.82 Å². The van der Waals surface area contributed by atoms with Crippen LogP contribution in [0.25, 0.3) is 0 Å². The van der Waals surface area contributed by atoms with Crippen molar-refractivity contribution in [3.63, 3.8) is 0 Å². The van der Waals surface area contributed by atoms with Gasteiger partial charge in [0.2, 0.25) is 5.91 Å². The number of amidine groups is 1. The number of ether oxygens (including phenoxy) is 2. The zero-order valence-electron chi connectivity index (χ0n) is 20.9. The summed E-state index contributed by atoms with van der Waals surface area (Å²) >= 11 is 6.17. The van der Waals surface area contributed by atoms with Crippen LogP contribution in [0.5, 0.6) is 11.5 Å². The molecule has 3 aromatic rings. The van der Waals surface area contributed by atoms with Gasteiger partial charge in [-0.2, -0.15) is 0 Å². The van der Waals surface area contributed by atoms with E-state index >= 15 is 0 Å². The number of hydrogen-bond acceptors (Lipinski definition) is 5. The first-order chi connectivity index (χ1) is 18.3. The maximum atomic E-state index is 14.4. The molecule has 0 saturated carbocycles. The molecular formula is C28H24ClFN4O4. The number of fused-ring (bicyclic) bond motifs is 2. The predicted octanol–water partition coefficient (Wildman–Crippen LogP) is 5.71. The summed E-state index contributed by atoms with van der Waals surface area (Å²) in [7, 11) is 1.49. The van der Waals surface area contributed by atoms with E-state index in [1.807, 2.05) is 26.0 Å². The van der Waals surface area contributed by atoms with Gasteiger partial charge in [0.15, 0.2) is 0 Å². The topological polar surface area (TPSA) is 83.5 Å². The van der Waals surface area contributed by atoms with Gasteiger partial charge in [-0.1, -0.05) is 35.9 Å². The molecule has 0 spiro atoms. The van der Waals surface area contributed by atoms with Crippen LogP contribution in [0.4, 0.5) is 20.6 Å². The Morgan fingerprint density at radius 1 is 1.08 bits per heavy atom. The first-order valence-electron chi connectivity index (χ1n) is 12.2. The van der Waals surface area contributed by atoms with Crippen molar-refractivity contribution in [2.75, 3.05) is 23.9 Å². The smallest absolute Gasteiger partial charge is 0.331 e. The summed E-state index contributed by atoms with van der Waals surface area (Å²) in [6.07, 6.45) is -0.195. The third kappa shape index (κ3) is 3.77. The number of benzene rings is 3. The number of nitrogens with one attached hydrogen (secondary N) is 1. The van der Waals surface area contributed by atoms with Crippen molar-refractivity contribution < 1.29 is 23.5 Å². The number of amides is 3. The highest BCUT2D eigenvalue weighted by molar-refractivity contribution is 6.30. The largest absolute Gasteiger partial charge is 0.494 e. The zero-order valence-corrected chi connectivity index (χ0v) is 21.6. The first-order valence-corrected chi connectivity index (χ1v) is 12.6. The second kappa shape index (κ2) is 9.02. The molecule has 38 heavy (non-hydrogen) atoms. The summed E-state index contributed by atoms with van der Waals surface area (Å²) in [5.41, 5.74) is 2.78. The van der Waals surface area contributed by atoms with Crippen LogP contribution in [-0.4, -0.2) is 42.4 Å². The number of carbonyl (C=O) groups is 2. The molecule has 3 heterocycles. The van der Waals surface area contributed by atoms with Crippen molar-refractivity contribution >= 4 is 40.7 Å². The number of aliphatic imine (C=N–C) groups is 1. The number of nitrogens with zero attached hydrogens (tertiary/aromatic N) is 3. The Hall–Kier alpha value is -4.11. The molecule has 0 aliphatic carbocycles. The molecule has 194 valence electrons. The lowest BCUT2D eigenvalue weighted by molar-refractivity contribution is -0.115. The van der Waals surface area contributed by atoms with Gasteiger partial charge in [-0.05, 0) is 49.2 Å². The molecule has 3 aromatic carbocycles. The monoisotopic (exact) mass is 534 g/mol. The number of anilines is 2. The Labute approximate surface area is 223 Å². The van der Waals surface area contributed by atoms with E-state index in [9.17, 15) is 14.0 Å². The predicted molar refractivity (Wildman–Crippen MR) is 142 cm³/mol. The second-order valence-corrected chi connectivity index (χ2v) is 10.0. The molecule has 0 fully saturated rings. The molecule has 0 radical (unpaired) electrons. The normalized spacial score (nSPS) is 19.7. The maximum absolute atomic E-state index is 14.4. The van der Waals surface area contributed by atoms with Crippen LogP contribution in [0.15, 0.2) is 59.6 Å². The fourth-order valence-electron chi connectivity index (χ4n) is 5.30. The Bertz CT molecular complexity index is 1510. The number of methoxy groups -OCH3 is 1. The molecule has 0 saturated heterocycles. The summed E-state index contributed by atoms with van der Waals surface area (Å²) in [4.78, 5) is 34.9. The van der Waals surface area contributed by atoms with Crippen LogP contribution < -0.4 is 19.7 Å². The number of hydrogen-bond donors (Lipinski definition) is 1. The highest BCUT2D eigenvalue weighted by Crippen LogP contribution is 2.54. The minimum atomic E-state index is -0.625. The summed E-state index contributed by atoms with van der Waals surface area (Å²) < 4.78 is 26.1. The van der Waals surface area contributed by atoms with Crippen molar-refractivity contribution in [1.29, 1.82) is 0 Å². The minimum Gasteiger partial charge on any atom is -0.494 e. The van der Waals surface area contributed by atoms with E-state index in [0.29, 0.717) is 44.9 Å². The third-order valence-corrected chi connectivity index (χ3v) is 7.03. The number of halogens is 2. The molecule has 0 bridgehead atoms. The molecular weight excluding hydrogens is 511 g/mol. The van der Waals surface area contributed by atoms with Crippen LogP contribution in [0.1, 0.15) is 42.6 Å². The van der Waals surface area contributed by atoms with Crippen molar-refractivity contribution in [1.82, 2.24) is 4.90 Å². The van der Waals surface area contributed by atoms with E-state index < -0.39 is 23.9 Å². The van der Waals surface area contributed by atoms with E-state index in [-0.39, 0.29) is 18.6 Å². The standard InChI is InChI=1S/C28H24ClFN4O4/c1-14(2)38-19-12-20(37-3)24-26-22(19)27-32-23(16-5-4-6-18(30)11-16)25(15-7-9-17(29)10-8-15)34(27)28(36)33(26)13-21(35)31-24/h4-12,14,23,25H,13H2,1-3H3,(H,31,35). The minimum absolute atomic E-state index is 0.186. The van der Waals surface area contributed by atoms with Crippen molar-refractivity contribution in [2.45, 2.75) is 32.0 Å². The highest BCUT2D eigenvalue weighted by Gasteiger charge is 2.51. The van der Waals surface area contributed by atoms with Crippen molar-refractivity contribution in [3.8, 4) is 11.5 Å². The van der Waals surface area contributed by atoms with Gasteiger partial charge in [-0.25, -0.2) is 9.18 Å². The lowest BCUT2D eigenvalue weighted by atomic mass is 9.93. The SMILES string of the molecule is COc1cc(OC(C)C)c2c3c1NC(=O)CN3C(=O)N1C2=NC(c2cccc(F)c2)C1c1ccc(Cl)cc1. The van der Waals surface area contributed by atoms with Gasteiger partial charge >= 0.3 is 6.03 Å². The molecule has 8 nitrogen and oxygen atoms in total. The summed E-state index contributed by atoms with van der Waals surface area (Å²) in [5.74, 6) is 0.457. The van der Waals surface area contributed by atoms with Gasteiger partial charge < -0.3 is 14.8 Å². The van der Waals surface area contributed by atoms with Crippen LogP contribution in [0.3, 0.4) is 0 Å². The van der Waals surface area contributed by atoms with E-state index in [1.54, 1.807) is 35.2 Å². The average Bonchev–Trinajstić information content (AvgIpc) is 3.28. The number of urea groups is 1. The quantitative estimate of drug-likeness (QED) is 0.454. The fourth-order valence-corrected chi connectivity index (χ4v) is 5.43. The van der Waals surface area contributed by atoms with Gasteiger partial charge in [-0.3, -0.25) is 19.6 Å². The van der Waals surface area contributed by atoms with Crippen LogP contribution in [-0.2, 0) is 4.79 Å². The van der Waals surface area contributed by atoms with E-state index in [0.717, 1.165) is 5.56 Å². The van der Waals surface area contributed by atoms with Crippen molar-refractivity contribution in [3.05, 3.63) is 82.1 Å². The lowest BCUT2D eigenvalue weighted by Crippen LogP contribution is -2.55. The Morgan fingerprint density at radius 2 is 1.84 bits per heavy atom. The molecule has 1 N–H and O–H groups in total. The Balaban J connectivity index is 1.63. The van der Waals surface area contributed by atoms with Crippen LogP contribution in [0.2, 0.25) is 5.02 Å². The maximum Gasteiger partial charge on any atom is 0.331 e. The zero-order chi connectivity index (χ0) is 26.7. The molecule has 6 rings (SSSR count). The van der Waals surface area contributed by atoms with Gasteiger partial charge in [0.1, 0.15) is 41.4 Å². The van der Waals surface area contributed by atoms with Gasteiger partial charge in [0, 0.05) is 11.1 Å². The molecule has 2 unspecified atom stereocenters. The Morgan fingerprint density at radius 3 is 2.53 bits per heavy atom. The van der Waals surface area contributed by atoms with Crippen LogP contribution >= 0.6 is 11.6 Å². The van der Waals surface area contributed by atoms with Gasteiger partial charge in [0.25, 0.3) is 0 Å². The highest BCUT2D eigenvalue weighted by atomic mass is 35.5. The number of rotatable bonds is 5. The molecule has 3 amide bonds. The molecule has 3 aliphatic heterocycles. The van der Waals surface area contributed by atoms with E-state index in [1.165, 1.54) is 24.1 Å². The average molecular weight is 535 g/mol. The van der Waals surface area contributed by atoms with E-state index in [2.05, 4.69) is 5.32 Å². The molecule has 3 aliphatic rings. The van der Waals surface area contributed by atoms with Gasteiger partial charge in [-0.15, -0.1) is 0 Å². The third-order valence-electron chi connectivity index (χ3n) is 6.78. The lowest BCUT2D eigenvalue weighted by Gasteiger charge is -2.42. The summed E-state index contributed by atoms with van der Waals surface area (Å²) in [5, 5.41) is 3.39. The molecule has 2 atom stereocenters. The summed E-state index contributed by atoms with van der Waals surface area (Å²) in [6.45, 7) is 3.60. The first kappa shape index (κ1) is 24.2. The van der Waals surface area contributed by atoms with E-state index in [4.69, 9.17) is 26.1 Å². The molecule has 0 aromatic heterocycles. The molecule has 10 heteroatoms. The fraction of sp³-hybridized carbons (Fsp3) is 0.250. The summed E-state index contributed by atoms with van der Waals surface area (Å²) in [6, 6.07) is 13.4. The number of carbonyl (C=O) groups excluding carboxylic acids is 2. The van der Waals surface area contributed by atoms with Crippen molar-refractivity contribution in [2.24, 2.45) is 4.99 Å². The second-order valence-electron chi connectivity index (χ2n) is 9.58.